The van der Waals surface area contributed by atoms with Crippen LogP contribution >= 0.6 is 15.9 Å². The predicted octanol–water partition coefficient (Wildman–Crippen LogP) is 2.74. The first-order valence-corrected chi connectivity index (χ1v) is 6.25. The fraction of sp³-hybridized carbons (Fsp3) is 0.417. The SMILES string of the molecule is CCC(Br)CNC(=O)c1ccc(F)c(OC)c1. The zero-order valence-electron chi connectivity index (χ0n) is 9.80. The van der Waals surface area contributed by atoms with E-state index in [1.165, 1.54) is 25.3 Å². The first-order valence-electron chi connectivity index (χ1n) is 5.34. The van der Waals surface area contributed by atoms with E-state index in [-0.39, 0.29) is 16.5 Å². The van der Waals surface area contributed by atoms with E-state index in [0.29, 0.717) is 12.1 Å². The van der Waals surface area contributed by atoms with E-state index >= 15 is 0 Å². The normalized spacial score (nSPS) is 12.0. The number of halogens is 2. The minimum Gasteiger partial charge on any atom is -0.494 e. The molecule has 0 aliphatic heterocycles. The lowest BCUT2D eigenvalue weighted by atomic mass is 10.2. The van der Waals surface area contributed by atoms with E-state index in [2.05, 4.69) is 21.2 Å². The average molecular weight is 304 g/mol. The highest BCUT2D eigenvalue weighted by molar-refractivity contribution is 9.09. The average Bonchev–Trinajstić information content (AvgIpc) is 2.35. The molecular formula is C12H15BrFNO2. The smallest absolute Gasteiger partial charge is 0.251 e. The molecule has 1 atom stereocenters. The molecule has 1 unspecified atom stereocenters. The Bertz CT molecular complexity index is 398. The van der Waals surface area contributed by atoms with Crippen molar-refractivity contribution in [3.8, 4) is 5.75 Å². The van der Waals surface area contributed by atoms with Gasteiger partial charge in [-0.2, -0.15) is 0 Å². The number of ether oxygens (including phenoxy) is 1. The lowest BCUT2D eigenvalue weighted by Crippen LogP contribution is -2.29. The zero-order chi connectivity index (χ0) is 12.8. The predicted molar refractivity (Wildman–Crippen MR) is 68.3 cm³/mol. The molecule has 94 valence electrons. The molecule has 5 heteroatoms. The third-order valence-corrected chi connectivity index (χ3v) is 3.31. The molecule has 1 rings (SSSR count). The second-order valence-corrected chi connectivity index (χ2v) is 4.86. The Morgan fingerprint density at radius 3 is 2.88 bits per heavy atom. The molecule has 0 saturated carbocycles. The Hall–Kier alpha value is -1.10. The fourth-order valence-electron chi connectivity index (χ4n) is 1.25. The van der Waals surface area contributed by atoms with Gasteiger partial charge in [0.2, 0.25) is 0 Å². The number of carbonyl (C=O) groups is 1. The molecular weight excluding hydrogens is 289 g/mol. The molecule has 0 aromatic heterocycles. The summed E-state index contributed by atoms with van der Waals surface area (Å²) in [6.45, 7) is 2.56. The number of amides is 1. The molecule has 0 fully saturated rings. The van der Waals surface area contributed by atoms with Crippen molar-refractivity contribution in [3.05, 3.63) is 29.6 Å². The van der Waals surface area contributed by atoms with Crippen molar-refractivity contribution >= 4 is 21.8 Å². The molecule has 0 heterocycles. The minimum absolute atomic E-state index is 0.0727. The van der Waals surface area contributed by atoms with E-state index in [4.69, 9.17) is 4.74 Å². The number of methoxy groups -OCH3 is 1. The Labute approximate surface area is 108 Å². The maximum Gasteiger partial charge on any atom is 0.251 e. The molecule has 1 aromatic carbocycles. The Morgan fingerprint density at radius 2 is 2.29 bits per heavy atom. The first-order chi connectivity index (χ1) is 8.08. The molecule has 0 bridgehead atoms. The van der Waals surface area contributed by atoms with E-state index in [1.54, 1.807) is 0 Å². The Balaban J connectivity index is 2.69. The zero-order valence-corrected chi connectivity index (χ0v) is 11.4. The van der Waals surface area contributed by atoms with Gasteiger partial charge >= 0.3 is 0 Å². The summed E-state index contributed by atoms with van der Waals surface area (Å²) in [5.74, 6) is -0.638. The number of carbonyl (C=O) groups excluding carboxylic acids is 1. The van der Waals surface area contributed by atoms with Gasteiger partial charge in [0.25, 0.3) is 5.91 Å². The molecule has 0 aliphatic carbocycles. The van der Waals surface area contributed by atoms with E-state index in [0.717, 1.165) is 6.42 Å². The lowest BCUT2D eigenvalue weighted by Gasteiger charge is -2.09. The standard InChI is InChI=1S/C12H15BrFNO2/c1-3-9(13)7-15-12(16)8-4-5-10(14)11(6-8)17-2/h4-6,9H,3,7H2,1-2H3,(H,15,16). The second-order valence-electron chi connectivity index (χ2n) is 3.56. The van der Waals surface area contributed by atoms with Crippen LogP contribution in [0.1, 0.15) is 23.7 Å². The third-order valence-electron chi connectivity index (χ3n) is 2.34. The van der Waals surface area contributed by atoms with Gasteiger partial charge in [0, 0.05) is 16.9 Å². The van der Waals surface area contributed by atoms with Gasteiger partial charge in [-0.1, -0.05) is 22.9 Å². The van der Waals surface area contributed by atoms with Crippen LogP contribution in [0.25, 0.3) is 0 Å². The highest BCUT2D eigenvalue weighted by Crippen LogP contribution is 2.18. The molecule has 0 spiro atoms. The van der Waals surface area contributed by atoms with Crippen LogP contribution < -0.4 is 10.1 Å². The van der Waals surface area contributed by atoms with Crippen molar-refractivity contribution in [2.24, 2.45) is 0 Å². The van der Waals surface area contributed by atoms with Crippen LogP contribution in [0.2, 0.25) is 0 Å². The number of benzene rings is 1. The molecule has 0 saturated heterocycles. The monoisotopic (exact) mass is 303 g/mol. The molecule has 0 aliphatic rings. The summed E-state index contributed by atoms with van der Waals surface area (Å²) in [5.41, 5.74) is 0.388. The van der Waals surface area contributed by atoms with Crippen LogP contribution in [-0.4, -0.2) is 24.4 Å². The molecule has 1 aromatic rings. The van der Waals surface area contributed by atoms with E-state index < -0.39 is 5.82 Å². The van der Waals surface area contributed by atoms with Crippen LogP contribution in [0.5, 0.6) is 5.75 Å². The molecule has 17 heavy (non-hydrogen) atoms. The summed E-state index contributed by atoms with van der Waals surface area (Å²) in [4.78, 5) is 12.0. The summed E-state index contributed by atoms with van der Waals surface area (Å²) >= 11 is 3.42. The largest absolute Gasteiger partial charge is 0.494 e. The highest BCUT2D eigenvalue weighted by atomic mass is 79.9. The molecule has 1 amide bonds. The van der Waals surface area contributed by atoms with Crippen molar-refractivity contribution in [2.45, 2.75) is 18.2 Å². The van der Waals surface area contributed by atoms with Gasteiger partial charge < -0.3 is 10.1 Å². The second kappa shape index (κ2) is 6.59. The lowest BCUT2D eigenvalue weighted by molar-refractivity contribution is 0.0953. The van der Waals surface area contributed by atoms with Crippen LogP contribution in [0.3, 0.4) is 0 Å². The summed E-state index contributed by atoms with van der Waals surface area (Å²) in [6.07, 6.45) is 0.924. The van der Waals surface area contributed by atoms with Gasteiger partial charge in [0.05, 0.1) is 7.11 Å². The van der Waals surface area contributed by atoms with Crippen molar-refractivity contribution in [1.82, 2.24) is 5.32 Å². The number of hydrogen-bond acceptors (Lipinski definition) is 2. The van der Waals surface area contributed by atoms with Crippen molar-refractivity contribution in [3.63, 3.8) is 0 Å². The van der Waals surface area contributed by atoms with Crippen LogP contribution in [0.15, 0.2) is 18.2 Å². The van der Waals surface area contributed by atoms with Crippen LogP contribution in [0, 0.1) is 5.82 Å². The number of nitrogens with one attached hydrogen (secondary N) is 1. The van der Waals surface area contributed by atoms with Crippen LogP contribution in [-0.2, 0) is 0 Å². The molecule has 1 N–H and O–H groups in total. The maximum atomic E-state index is 13.1. The summed E-state index contributed by atoms with van der Waals surface area (Å²) in [6, 6.07) is 4.04. The first kappa shape index (κ1) is 14.0. The van der Waals surface area contributed by atoms with Crippen molar-refractivity contribution in [2.75, 3.05) is 13.7 Å². The van der Waals surface area contributed by atoms with E-state index in [9.17, 15) is 9.18 Å². The highest BCUT2D eigenvalue weighted by Gasteiger charge is 2.11. The minimum atomic E-state index is -0.476. The fourth-order valence-corrected chi connectivity index (χ4v) is 1.41. The van der Waals surface area contributed by atoms with Gasteiger partial charge in [-0.25, -0.2) is 4.39 Å². The van der Waals surface area contributed by atoms with Crippen molar-refractivity contribution < 1.29 is 13.9 Å². The summed E-state index contributed by atoms with van der Waals surface area (Å²) in [7, 11) is 1.37. The van der Waals surface area contributed by atoms with Gasteiger partial charge in [0.1, 0.15) is 0 Å². The number of hydrogen-bond donors (Lipinski definition) is 1. The number of rotatable bonds is 5. The molecule has 3 nitrogen and oxygen atoms in total. The van der Waals surface area contributed by atoms with Gasteiger partial charge in [-0.15, -0.1) is 0 Å². The van der Waals surface area contributed by atoms with Crippen molar-refractivity contribution in [1.29, 1.82) is 0 Å². The molecule has 0 radical (unpaired) electrons. The Kier molecular flexibility index (Phi) is 5.41. The Morgan fingerprint density at radius 1 is 1.59 bits per heavy atom. The number of alkyl halides is 1. The quantitative estimate of drug-likeness (QED) is 0.850. The van der Waals surface area contributed by atoms with Gasteiger partial charge in [0.15, 0.2) is 11.6 Å². The van der Waals surface area contributed by atoms with Crippen LogP contribution in [0.4, 0.5) is 4.39 Å². The van der Waals surface area contributed by atoms with Gasteiger partial charge in [-0.05, 0) is 24.6 Å². The summed E-state index contributed by atoms with van der Waals surface area (Å²) < 4.78 is 18.0. The van der Waals surface area contributed by atoms with E-state index in [1.807, 2.05) is 6.92 Å². The van der Waals surface area contributed by atoms with Gasteiger partial charge in [-0.3, -0.25) is 4.79 Å². The summed E-state index contributed by atoms with van der Waals surface area (Å²) in [5, 5.41) is 2.76. The third kappa shape index (κ3) is 4.00. The maximum absolute atomic E-state index is 13.1. The topological polar surface area (TPSA) is 38.3 Å².